The van der Waals surface area contributed by atoms with Crippen molar-refractivity contribution in [1.82, 2.24) is 5.32 Å². The van der Waals surface area contributed by atoms with Crippen LogP contribution >= 0.6 is 0 Å². The quantitative estimate of drug-likeness (QED) is 0.625. The van der Waals surface area contributed by atoms with Crippen LogP contribution in [0.25, 0.3) is 0 Å². The molecule has 0 amide bonds. The maximum absolute atomic E-state index is 3.20. The zero-order valence-corrected chi connectivity index (χ0v) is 8.54. The van der Waals surface area contributed by atoms with E-state index in [-0.39, 0.29) is 0 Å². The molecule has 68 valence electrons. The summed E-state index contributed by atoms with van der Waals surface area (Å²) in [6.45, 7) is 8.13. The van der Waals surface area contributed by atoms with E-state index < -0.39 is 0 Å². The van der Waals surface area contributed by atoms with Gasteiger partial charge in [0.25, 0.3) is 0 Å². The molecule has 0 unspecified atom stereocenters. The van der Waals surface area contributed by atoms with E-state index in [9.17, 15) is 0 Å². The van der Waals surface area contributed by atoms with Crippen LogP contribution in [0.2, 0.25) is 0 Å². The van der Waals surface area contributed by atoms with Crippen LogP contribution < -0.4 is 5.32 Å². The van der Waals surface area contributed by atoms with Gasteiger partial charge in [-0.1, -0.05) is 33.6 Å². The second kappa shape index (κ2) is 5.59. The molecular weight excluding hydrogens is 134 g/mol. The summed E-state index contributed by atoms with van der Waals surface area (Å²) < 4.78 is 0. The average Bonchev–Trinajstić information content (AvgIpc) is 1.97. The first-order chi connectivity index (χ1) is 5.12. The molecule has 11 heavy (non-hydrogen) atoms. The van der Waals surface area contributed by atoms with Crippen molar-refractivity contribution >= 4 is 0 Å². The van der Waals surface area contributed by atoms with Crippen molar-refractivity contribution in [2.75, 3.05) is 13.6 Å². The van der Waals surface area contributed by atoms with Gasteiger partial charge in [-0.15, -0.1) is 0 Å². The van der Waals surface area contributed by atoms with Crippen molar-refractivity contribution in [3.05, 3.63) is 0 Å². The summed E-state index contributed by atoms with van der Waals surface area (Å²) in [6.07, 6.45) is 5.36. The van der Waals surface area contributed by atoms with Gasteiger partial charge in [-0.05, 0) is 31.8 Å². The lowest BCUT2D eigenvalue weighted by atomic mass is 9.84. The molecule has 0 spiro atoms. The predicted molar refractivity (Wildman–Crippen MR) is 51.8 cm³/mol. The SMILES string of the molecule is CCCCC(C)(C)CCNC. The van der Waals surface area contributed by atoms with Crippen LogP contribution in [0, 0.1) is 5.41 Å². The molecule has 0 rings (SSSR count). The summed E-state index contributed by atoms with van der Waals surface area (Å²) in [5.74, 6) is 0. The summed E-state index contributed by atoms with van der Waals surface area (Å²) in [7, 11) is 2.02. The lowest BCUT2D eigenvalue weighted by Crippen LogP contribution is -2.19. The van der Waals surface area contributed by atoms with Crippen LogP contribution in [0.15, 0.2) is 0 Å². The largest absolute Gasteiger partial charge is 0.320 e. The minimum Gasteiger partial charge on any atom is -0.320 e. The monoisotopic (exact) mass is 157 g/mol. The Morgan fingerprint density at radius 3 is 2.27 bits per heavy atom. The molecule has 0 aromatic rings. The fourth-order valence-corrected chi connectivity index (χ4v) is 1.24. The molecule has 1 nitrogen and oxygen atoms in total. The third-order valence-electron chi connectivity index (χ3n) is 2.26. The number of hydrogen-bond acceptors (Lipinski definition) is 1. The topological polar surface area (TPSA) is 12.0 Å². The fourth-order valence-electron chi connectivity index (χ4n) is 1.24. The number of rotatable bonds is 6. The van der Waals surface area contributed by atoms with Crippen LogP contribution in [-0.4, -0.2) is 13.6 Å². The minimum atomic E-state index is 0.541. The van der Waals surface area contributed by atoms with Crippen LogP contribution in [0.1, 0.15) is 46.5 Å². The summed E-state index contributed by atoms with van der Waals surface area (Å²) in [6, 6.07) is 0. The normalized spacial score (nSPS) is 12.0. The second-order valence-corrected chi connectivity index (χ2v) is 4.12. The van der Waals surface area contributed by atoms with Crippen molar-refractivity contribution in [3.63, 3.8) is 0 Å². The molecule has 1 N–H and O–H groups in total. The van der Waals surface area contributed by atoms with E-state index in [0.29, 0.717) is 5.41 Å². The Labute approximate surface area is 71.6 Å². The maximum Gasteiger partial charge on any atom is -0.00468 e. The molecule has 0 radical (unpaired) electrons. The summed E-state index contributed by atoms with van der Waals surface area (Å²) in [4.78, 5) is 0. The third-order valence-corrected chi connectivity index (χ3v) is 2.26. The van der Waals surface area contributed by atoms with Gasteiger partial charge < -0.3 is 5.32 Å². The smallest absolute Gasteiger partial charge is 0.00468 e. The average molecular weight is 157 g/mol. The molecule has 0 saturated carbocycles. The molecule has 0 aromatic carbocycles. The van der Waals surface area contributed by atoms with Crippen LogP contribution in [-0.2, 0) is 0 Å². The first kappa shape index (κ1) is 11.0. The van der Waals surface area contributed by atoms with E-state index in [1.807, 2.05) is 7.05 Å². The Bertz CT molecular complexity index is 76.9. The fraction of sp³-hybridized carbons (Fsp3) is 1.00. The van der Waals surface area contributed by atoms with Crippen LogP contribution in [0.4, 0.5) is 0 Å². The molecule has 0 fully saturated rings. The highest BCUT2D eigenvalue weighted by molar-refractivity contribution is 4.68. The Kier molecular flexibility index (Phi) is 5.57. The van der Waals surface area contributed by atoms with Gasteiger partial charge in [0.05, 0.1) is 0 Å². The van der Waals surface area contributed by atoms with Gasteiger partial charge in [-0.25, -0.2) is 0 Å². The molecule has 0 aliphatic heterocycles. The van der Waals surface area contributed by atoms with E-state index in [2.05, 4.69) is 26.1 Å². The van der Waals surface area contributed by atoms with Crippen molar-refractivity contribution in [1.29, 1.82) is 0 Å². The molecule has 1 heteroatoms. The highest BCUT2D eigenvalue weighted by Crippen LogP contribution is 2.26. The summed E-state index contributed by atoms with van der Waals surface area (Å²) in [5, 5.41) is 3.20. The van der Waals surface area contributed by atoms with Crippen molar-refractivity contribution in [2.45, 2.75) is 46.5 Å². The minimum absolute atomic E-state index is 0.541. The highest BCUT2D eigenvalue weighted by Gasteiger charge is 2.15. The predicted octanol–water partition coefficient (Wildman–Crippen LogP) is 2.81. The van der Waals surface area contributed by atoms with E-state index in [1.54, 1.807) is 0 Å². The second-order valence-electron chi connectivity index (χ2n) is 4.12. The van der Waals surface area contributed by atoms with E-state index in [1.165, 1.54) is 25.7 Å². The molecule has 0 bridgehead atoms. The Morgan fingerprint density at radius 1 is 1.18 bits per heavy atom. The van der Waals surface area contributed by atoms with Gasteiger partial charge in [0.1, 0.15) is 0 Å². The number of unbranched alkanes of at least 4 members (excludes halogenated alkanes) is 1. The first-order valence-electron chi connectivity index (χ1n) is 4.77. The molecular formula is C10H23N. The number of nitrogens with one attached hydrogen (secondary N) is 1. The van der Waals surface area contributed by atoms with Gasteiger partial charge in [0, 0.05) is 0 Å². The van der Waals surface area contributed by atoms with Gasteiger partial charge in [0.2, 0.25) is 0 Å². The first-order valence-corrected chi connectivity index (χ1v) is 4.77. The molecule has 0 atom stereocenters. The van der Waals surface area contributed by atoms with Crippen LogP contribution in [0.5, 0.6) is 0 Å². The van der Waals surface area contributed by atoms with Crippen molar-refractivity contribution in [2.24, 2.45) is 5.41 Å². The standard InChI is InChI=1S/C10H23N/c1-5-6-7-10(2,3)8-9-11-4/h11H,5-9H2,1-4H3. The van der Waals surface area contributed by atoms with E-state index in [4.69, 9.17) is 0 Å². The zero-order valence-electron chi connectivity index (χ0n) is 8.54. The lowest BCUT2D eigenvalue weighted by Gasteiger charge is -2.23. The van der Waals surface area contributed by atoms with Gasteiger partial charge in [-0.3, -0.25) is 0 Å². The Morgan fingerprint density at radius 2 is 1.82 bits per heavy atom. The molecule has 0 saturated heterocycles. The Balaban J connectivity index is 3.43. The van der Waals surface area contributed by atoms with Gasteiger partial charge in [0.15, 0.2) is 0 Å². The molecule has 0 heterocycles. The van der Waals surface area contributed by atoms with E-state index >= 15 is 0 Å². The molecule has 0 aliphatic rings. The molecule has 0 aliphatic carbocycles. The van der Waals surface area contributed by atoms with Crippen molar-refractivity contribution < 1.29 is 0 Å². The summed E-state index contributed by atoms with van der Waals surface area (Å²) in [5.41, 5.74) is 0.541. The van der Waals surface area contributed by atoms with Gasteiger partial charge in [-0.2, -0.15) is 0 Å². The lowest BCUT2D eigenvalue weighted by molar-refractivity contribution is 0.296. The maximum atomic E-state index is 3.20. The van der Waals surface area contributed by atoms with Crippen LogP contribution in [0.3, 0.4) is 0 Å². The zero-order chi connectivity index (χ0) is 8.74. The van der Waals surface area contributed by atoms with Gasteiger partial charge >= 0.3 is 0 Å². The van der Waals surface area contributed by atoms with Crippen molar-refractivity contribution in [3.8, 4) is 0 Å². The Hall–Kier alpha value is -0.0400. The third kappa shape index (κ3) is 6.36. The summed E-state index contributed by atoms with van der Waals surface area (Å²) >= 11 is 0. The highest BCUT2D eigenvalue weighted by atomic mass is 14.8. The van der Waals surface area contributed by atoms with E-state index in [0.717, 1.165) is 6.54 Å². The molecule has 0 aromatic heterocycles. The number of hydrogen-bond donors (Lipinski definition) is 1.